The molecule has 0 aliphatic rings. The average molecular weight is 400 g/mol. The van der Waals surface area contributed by atoms with E-state index in [1.165, 1.54) is 50.4 Å². The summed E-state index contributed by atoms with van der Waals surface area (Å²) in [5.41, 5.74) is 0.713. The highest BCUT2D eigenvalue weighted by Crippen LogP contribution is 2.21. The molecule has 0 aliphatic heterocycles. The van der Waals surface area contributed by atoms with Crippen LogP contribution in [0.1, 0.15) is 22.8 Å². The topological polar surface area (TPSA) is 54.5 Å². The molecule has 0 heterocycles. The summed E-state index contributed by atoms with van der Waals surface area (Å²) in [6, 6.07) is 10.1. The number of ketones is 1. The van der Waals surface area contributed by atoms with E-state index in [9.17, 15) is 17.6 Å². The van der Waals surface area contributed by atoms with Gasteiger partial charge in [0.05, 0.1) is 4.90 Å². The lowest BCUT2D eigenvalue weighted by Crippen LogP contribution is -2.27. The van der Waals surface area contributed by atoms with Crippen LogP contribution < -0.4 is 0 Å². The van der Waals surface area contributed by atoms with E-state index in [0.717, 1.165) is 4.31 Å². The van der Waals surface area contributed by atoms with Crippen molar-refractivity contribution in [1.29, 1.82) is 0 Å². The lowest BCUT2D eigenvalue weighted by molar-refractivity contribution is 0.101. The minimum atomic E-state index is -3.76. The Hall–Kier alpha value is -1.57. The highest BCUT2D eigenvalue weighted by Gasteiger charge is 2.22. The number of halogens is 2. The van der Waals surface area contributed by atoms with Crippen molar-refractivity contribution >= 4 is 31.7 Å². The predicted molar refractivity (Wildman–Crippen MR) is 89.2 cm³/mol. The molecule has 0 spiro atoms. The van der Waals surface area contributed by atoms with E-state index in [1.54, 1.807) is 6.07 Å². The number of carbonyl (C=O) groups excluding carboxylic acids is 1. The summed E-state index contributed by atoms with van der Waals surface area (Å²) < 4.78 is 40.5. The fourth-order valence-corrected chi connectivity index (χ4v) is 3.50. The van der Waals surface area contributed by atoms with Crippen molar-refractivity contribution in [3.05, 3.63) is 63.9 Å². The van der Waals surface area contributed by atoms with Gasteiger partial charge in [0, 0.05) is 29.2 Å². The van der Waals surface area contributed by atoms with Crippen molar-refractivity contribution in [2.45, 2.75) is 18.4 Å². The van der Waals surface area contributed by atoms with Gasteiger partial charge in [-0.15, -0.1) is 0 Å². The number of Topliss-reactive ketones (excluding diaryl/α,β-unsaturated/α-hetero) is 1. The highest BCUT2D eigenvalue weighted by molar-refractivity contribution is 9.10. The SMILES string of the molecule is CC(=O)c1ccc(S(=O)(=O)N(C)Cc2ccc(Br)cc2F)cc1. The van der Waals surface area contributed by atoms with Gasteiger partial charge in [-0.25, -0.2) is 12.8 Å². The lowest BCUT2D eigenvalue weighted by atomic mass is 10.2. The first-order chi connectivity index (χ1) is 10.7. The molecular weight excluding hydrogens is 385 g/mol. The van der Waals surface area contributed by atoms with Crippen molar-refractivity contribution in [3.63, 3.8) is 0 Å². The van der Waals surface area contributed by atoms with Crippen molar-refractivity contribution in [2.75, 3.05) is 7.05 Å². The molecule has 0 aliphatic carbocycles. The number of benzene rings is 2. The second-order valence-corrected chi connectivity index (χ2v) is 8.04. The molecule has 0 unspecified atom stereocenters. The molecule has 2 aromatic carbocycles. The third-order valence-corrected chi connectivity index (χ3v) is 5.69. The van der Waals surface area contributed by atoms with E-state index in [2.05, 4.69) is 15.9 Å². The monoisotopic (exact) mass is 399 g/mol. The average Bonchev–Trinajstić information content (AvgIpc) is 2.50. The Bertz CT molecular complexity index is 835. The van der Waals surface area contributed by atoms with Crippen molar-refractivity contribution < 1.29 is 17.6 Å². The molecule has 2 aromatic rings. The number of hydrogen-bond acceptors (Lipinski definition) is 3. The zero-order chi connectivity index (χ0) is 17.2. The molecule has 0 bridgehead atoms. The zero-order valence-corrected chi connectivity index (χ0v) is 15.0. The van der Waals surface area contributed by atoms with Gasteiger partial charge in [0.2, 0.25) is 10.0 Å². The van der Waals surface area contributed by atoms with Gasteiger partial charge >= 0.3 is 0 Å². The van der Waals surface area contributed by atoms with E-state index in [4.69, 9.17) is 0 Å². The van der Waals surface area contributed by atoms with Gasteiger partial charge in [0.15, 0.2) is 5.78 Å². The maximum atomic E-state index is 13.9. The molecule has 0 atom stereocenters. The molecule has 122 valence electrons. The molecule has 2 rings (SSSR count). The minimum Gasteiger partial charge on any atom is -0.295 e. The molecule has 0 saturated carbocycles. The molecule has 0 N–H and O–H groups in total. The van der Waals surface area contributed by atoms with Crippen molar-refractivity contribution in [2.24, 2.45) is 0 Å². The highest BCUT2D eigenvalue weighted by atomic mass is 79.9. The number of nitrogens with zero attached hydrogens (tertiary/aromatic N) is 1. The van der Waals surface area contributed by atoms with E-state index in [1.807, 2.05) is 0 Å². The first-order valence-corrected chi connectivity index (χ1v) is 8.96. The smallest absolute Gasteiger partial charge is 0.243 e. The number of hydrogen-bond donors (Lipinski definition) is 0. The fourth-order valence-electron chi connectivity index (χ4n) is 2.02. The van der Waals surface area contributed by atoms with Gasteiger partial charge in [-0.3, -0.25) is 4.79 Å². The molecule has 4 nitrogen and oxygen atoms in total. The molecular formula is C16H15BrFNO3S. The second kappa shape index (κ2) is 6.90. The summed E-state index contributed by atoms with van der Waals surface area (Å²) in [6.07, 6.45) is 0. The second-order valence-electron chi connectivity index (χ2n) is 5.08. The van der Waals surface area contributed by atoms with Gasteiger partial charge in [0.25, 0.3) is 0 Å². The van der Waals surface area contributed by atoms with E-state index >= 15 is 0 Å². The van der Waals surface area contributed by atoms with Crippen LogP contribution in [0.4, 0.5) is 4.39 Å². The molecule has 23 heavy (non-hydrogen) atoms. The molecule has 0 amide bonds. The summed E-state index contributed by atoms with van der Waals surface area (Å²) in [7, 11) is -2.38. The van der Waals surface area contributed by atoms with Crippen LogP contribution in [0, 0.1) is 5.82 Å². The summed E-state index contributed by atoms with van der Waals surface area (Å²) in [5, 5.41) is 0. The summed E-state index contributed by atoms with van der Waals surface area (Å²) in [4.78, 5) is 11.3. The number of carbonyl (C=O) groups is 1. The van der Waals surface area contributed by atoms with Crippen molar-refractivity contribution in [3.8, 4) is 0 Å². The standard InChI is InChI=1S/C16H15BrFNO3S/c1-11(20)12-4-7-15(8-5-12)23(21,22)19(2)10-13-3-6-14(17)9-16(13)18/h3-9H,10H2,1-2H3. The molecule has 0 aromatic heterocycles. The summed E-state index contributed by atoms with van der Waals surface area (Å²) in [5.74, 6) is -0.618. The van der Waals surface area contributed by atoms with E-state index in [0.29, 0.717) is 10.0 Å². The Morgan fingerprint density at radius 2 is 1.78 bits per heavy atom. The van der Waals surface area contributed by atoms with E-state index in [-0.39, 0.29) is 22.8 Å². The van der Waals surface area contributed by atoms with Crippen LogP contribution in [0.5, 0.6) is 0 Å². The van der Waals surface area contributed by atoms with Crippen LogP contribution in [0.25, 0.3) is 0 Å². The summed E-state index contributed by atoms with van der Waals surface area (Å²) in [6.45, 7) is 1.32. The Morgan fingerprint density at radius 3 is 2.30 bits per heavy atom. The minimum absolute atomic E-state index is 0.0579. The third kappa shape index (κ3) is 4.04. The maximum absolute atomic E-state index is 13.9. The molecule has 7 heteroatoms. The first kappa shape index (κ1) is 17.8. The lowest BCUT2D eigenvalue weighted by Gasteiger charge is -2.18. The Labute approximate surface area is 143 Å². The van der Waals surface area contributed by atoms with Crippen LogP contribution in [0.2, 0.25) is 0 Å². The summed E-state index contributed by atoms with van der Waals surface area (Å²) >= 11 is 3.16. The number of rotatable bonds is 5. The fraction of sp³-hybridized carbons (Fsp3) is 0.188. The van der Waals surface area contributed by atoms with Crippen LogP contribution >= 0.6 is 15.9 Å². The Morgan fingerprint density at radius 1 is 1.17 bits per heavy atom. The first-order valence-electron chi connectivity index (χ1n) is 6.73. The van der Waals surface area contributed by atoms with Gasteiger partial charge in [-0.2, -0.15) is 4.31 Å². The molecule has 0 fully saturated rings. The van der Waals surface area contributed by atoms with Gasteiger partial charge in [-0.1, -0.05) is 34.1 Å². The van der Waals surface area contributed by atoms with E-state index < -0.39 is 15.8 Å². The molecule has 0 radical (unpaired) electrons. The van der Waals surface area contributed by atoms with Crippen molar-refractivity contribution in [1.82, 2.24) is 4.31 Å². The van der Waals surface area contributed by atoms with Crippen LogP contribution in [0.15, 0.2) is 51.8 Å². The quantitative estimate of drug-likeness (QED) is 0.721. The van der Waals surface area contributed by atoms with Crippen LogP contribution in [0.3, 0.4) is 0 Å². The number of sulfonamides is 1. The van der Waals surface area contributed by atoms with Crippen LogP contribution in [-0.4, -0.2) is 25.6 Å². The Kier molecular flexibility index (Phi) is 5.33. The normalized spacial score (nSPS) is 11.7. The maximum Gasteiger partial charge on any atom is 0.243 e. The zero-order valence-electron chi connectivity index (χ0n) is 12.6. The molecule has 0 saturated heterocycles. The van der Waals surface area contributed by atoms with Gasteiger partial charge in [0.1, 0.15) is 5.82 Å². The largest absolute Gasteiger partial charge is 0.295 e. The van der Waals surface area contributed by atoms with Gasteiger partial charge < -0.3 is 0 Å². The predicted octanol–water partition coefficient (Wildman–Crippen LogP) is 3.61. The van der Waals surface area contributed by atoms with Crippen LogP contribution in [-0.2, 0) is 16.6 Å². The Balaban J connectivity index is 2.26. The van der Waals surface area contributed by atoms with Gasteiger partial charge in [-0.05, 0) is 31.2 Å². The third-order valence-electron chi connectivity index (χ3n) is 3.38.